The SMILES string of the molecule is CC/C(C)=N/Nc1nc2cc(C)c(NC(=O)C(C)(C)Oc3ccc(Cl)cc3)c(C)c2s1. The van der Waals surface area contributed by atoms with Crippen LogP contribution < -0.4 is 15.5 Å². The van der Waals surface area contributed by atoms with Crippen molar-refractivity contribution < 1.29 is 9.53 Å². The molecule has 0 saturated heterocycles. The number of anilines is 2. The highest BCUT2D eigenvalue weighted by Gasteiger charge is 2.31. The smallest absolute Gasteiger partial charge is 0.267 e. The van der Waals surface area contributed by atoms with Crippen molar-refractivity contribution in [2.45, 2.75) is 53.6 Å². The number of amides is 1. The fourth-order valence-corrected chi connectivity index (χ4v) is 3.97. The van der Waals surface area contributed by atoms with Gasteiger partial charge in [-0.2, -0.15) is 5.10 Å². The van der Waals surface area contributed by atoms with Gasteiger partial charge in [0.05, 0.1) is 10.2 Å². The Hall–Kier alpha value is -2.64. The van der Waals surface area contributed by atoms with Crippen LogP contribution in [-0.2, 0) is 4.79 Å². The van der Waals surface area contributed by atoms with Gasteiger partial charge in [0.25, 0.3) is 5.91 Å². The lowest BCUT2D eigenvalue weighted by Gasteiger charge is -2.26. The second kappa shape index (κ2) is 9.24. The van der Waals surface area contributed by atoms with E-state index in [1.165, 1.54) is 11.3 Å². The van der Waals surface area contributed by atoms with Crippen molar-refractivity contribution in [3.8, 4) is 5.75 Å². The van der Waals surface area contributed by atoms with Gasteiger partial charge in [0.15, 0.2) is 5.60 Å². The summed E-state index contributed by atoms with van der Waals surface area (Å²) in [5, 5.41) is 8.72. The number of aromatic nitrogens is 1. The Balaban J connectivity index is 1.84. The minimum Gasteiger partial charge on any atom is -0.478 e. The van der Waals surface area contributed by atoms with Crippen molar-refractivity contribution >= 4 is 55.6 Å². The van der Waals surface area contributed by atoms with Crippen molar-refractivity contribution in [3.05, 3.63) is 46.5 Å². The number of nitrogens with one attached hydrogen (secondary N) is 2. The molecule has 3 aromatic rings. The van der Waals surface area contributed by atoms with Crippen LogP contribution in [0.1, 0.15) is 45.2 Å². The van der Waals surface area contributed by atoms with Crippen LogP contribution in [0.3, 0.4) is 0 Å². The van der Waals surface area contributed by atoms with E-state index in [-0.39, 0.29) is 5.91 Å². The Bertz CT molecular complexity index is 1140. The van der Waals surface area contributed by atoms with Crippen molar-refractivity contribution in [3.63, 3.8) is 0 Å². The number of fused-ring (bicyclic) bond motifs is 1. The molecule has 1 aromatic heterocycles. The summed E-state index contributed by atoms with van der Waals surface area (Å²) in [7, 11) is 0. The van der Waals surface area contributed by atoms with E-state index >= 15 is 0 Å². The van der Waals surface area contributed by atoms with E-state index in [9.17, 15) is 4.79 Å². The molecule has 0 spiro atoms. The van der Waals surface area contributed by atoms with Crippen LogP contribution in [0.15, 0.2) is 35.4 Å². The molecule has 0 bridgehead atoms. The topological polar surface area (TPSA) is 75.6 Å². The van der Waals surface area contributed by atoms with Gasteiger partial charge in [0.1, 0.15) is 5.75 Å². The Morgan fingerprint density at radius 1 is 1.26 bits per heavy atom. The molecular weight excluding hydrogens is 432 g/mol. The molecule has 0 atom stereocenters. The summed E-state index contributed by atoms with van der Waals surface area (Å²) in [6.07, 6.45) is 0.875. The van der Waals surface area contributed by atoms with Gasteiger partial charge >= 0.3 is 0 Å². The Labute approximate surface area is 191 Å². The van der Waals surface area contributed by atoms with Crippen molar-refractivity contribution in [1.29, 1.82) is 0 Å². The number of thiazole rings is 1. The van der Waals surface area contributed by atoms with Crippen molar-refractivity contribution in [1.82, 2.24) is 4.98 Å². The van der Waals surface area contributed by atoms with E-state index in [1.807, 2.05) is 26.8 Å². The maximum absolute atomic E-state index is 13.1. The number of aryl methyl sites for hydroxylation is 2. The van der Waals surface area contributed by atoms with Gasteiger partial charge < -0.3 is 10.1 Å². The second-order valence-electron chi connectivity index (χ2n) is 7.89. The molecule has 6 nitrogen and oxygen atoms in total. The van der Waals surface area contributed by atoms with E-state index in [1.54, 1.807) is 38.1 Å². The van der Waals surface area contributed by atoms with E-state index in [2.05, 4.69) is 27.8 Å². The summed E-state index contributed by atoms with van der Waals surface area (Å²) in [5.41, 5.74) is 6.50. The number of halogens is 1. The Morgan fingerprint density at radius 3 is 2.58 bits per heavy atom. The van der Waals surface area contributed by atoms with Crippen molar-refractivity contribution in [2.75, 3.05) is 10.7 Å². The number of hydrogen-bond acceptors (Lipinski definition) is 6. The van der Waals surface area contributed by atoms with Gasteiger partial charge in [-0.3, -0.25) is 10.2 Å². The first-order chi connectivity index (χ1) is 14.6. The van der Waals surface area contributed by atoms with Crippen LogP contribution in [0.25, 0.3) is 10.2 Å². The average molecular weight is 459 g/mol. The summed E-state index contributed by atoms with van der Waals surface area (Å²) in [6.45, 7) is 11.4. The quantitative estimate of drug-likeness (QED) is 0.310. The molecule has 0 aliphatic heterocycles. The van der Waals surface area contributed by atoms with Gasteiger partial charge in [-0.25, -0.2) is 4.98 Å². The fraction of sp³-hybridized carbons (Fsp3) is 0.348. The molecule has 1 amide bonds. The van der Waals surface area contributed by atoms with Gasteiger partial charge in [0.2, 0.25) is 5.13 Å². The predicted octanol–water partition coefficient (Wildman–Crippen LogP) is 6.56. The third-order valence-electron chi connectivity index (χ3n) is 4.94. The van der Waals surface area contributed by atoms with Crippen LogP contribution in [0, 0.1) is 13.8 Å². The zero-order chi connectivity index (χ0) is 22.8. The van der Waals surface area contributed by atoms with E-state index < -0.39 is 5.60 Å². The number of nitrogens with zero attached hydrogens (tertiary/aromatic N) is 2. The van der Waals surface area contributed by atoms with E-state index in [4.69, 9.17) is 16.3 Å². The standard InChI is InChI=1S/C23H27ClN4O2S/c1-7-14(3)27-28-22-25-18-12-13(2)19(15(4)20(18)31-22)26-21(29)23(5,6)30-17-10-8-16(24)9-11-17/h8-12H,7H2,1-6H3,(H,25,28)(H,26,29)/b27-14+. The third kappa shape index (κ3) is 5.35. The number of ether oxygens (including phenoxy) is 1. The van der Waals surface area contributed by atoms with Crippen LogP contribution in [0.2, 0.25) is 5.02 Å². The zero-order valence-corrected chi connectivity index (χ0v) is 20.2. The lowest BCUT2D eigenvalue weighted by atomic mass is 10.0. The van der Waals surface area contributed by atoms with Crippen molar-refractivity contribution in [2.24, 2.45) is 5.10 Å². The first-order valence-corrected chi connectivity index (χ1v) is 11.3. The summed E-state index contributed by atoms with van der Waals surface area (Å²) in [4.78, 5) is 17.7. The lowest BCUT2D eigenvalue weighted by Crippen LogP contribution is -2.42. The molecule has 0 saturated carbocycles. The van der Waals surface area contributed by atoms with E-state index in [0.29, 0.717) is 10.8 Å². The number of hydrazone groups is 1. The summed E-state index contributed by atoms with van der Waals surface area (Å²) in [5.74, 6) is 0.341. The van der Waals surface area contributed by atoms with Gasteiger partial charge in [-0.05, 0) is 82.5 Å². The first-order valence-electron chi connectivity index (χ1n) is 10.1. The number of rotatable bonds is 7. The highest BCUT2D eigenvalue weighted by Crippen LogP contribution is 2.35. The summed E-state index contributed by atoms with van der Waals surface area (Å²) in [6, 6.07) is 8.93. The molecule has 2 aromatic carbocycles. The molecule has 8 heteroatoms. The average Bonchev–Trinajstić information content (AvgIpc) is 3.13. The highest BCUT2D eigenvalue weighted by molar-refractivity contribution is 7.22. The molecular formula is C23H27ClN4O2S. The Morgan fingerprint density at radius 2 is 1.94 bits per heavy atom. The highest BCUT2D eigenvalue weighted by atomic mass is 35.5. The minimum atomic E-state index is -1.07. The maximum Gasteiger partial charge on any atom is 0.267 e. The summed E-state index contributed by atoms with van der Waals surface area (Å²) < 4.78 is 6.93. The third-order valence-corrected chi connectivity index (χ3v) is 6.29. The largest absolute Gasteiger partial charge is 0.478 e. The fourth-order valence-electron chi connectivity index (χ4n) is 2.96. The maximum atomic E-state index is 13.1. The molecule has 3 rings (SSSR count). The Kier molecular flexibility index (Phi) is 6.86. The normalized spacial score (nSPS) is 12.2. The lowest BCUT2D eigenvalue weighted by molar-refractivity contribution is -0.128. The van der Waals surface area contributed by atoms with Gasteiger partial charge in [-0.15, -0.1) is 0 Å². The molecule has 1 heterocycles. The van der Waals surface area contributed by atoms with Crippen LogP contribution in [0.5, 0.6) is 5.75 Å². The molecule has 0 radical (unpaired) electrons. The molecule has 0 aliphatic rings. The molecule has 31 heavy (non-hydrogen) atoms. The monoisotopic (exact) mass is 458 g/mol. The minimum absolute atomic E-state index is 0.237. The van der Waals surface area contributed by atoms with Crippen LogP contribution >= 0.6 is 22.9 Å². The molecule has 0 unspecified atom stereocenters. The number of benzene rings is 2. The zero-order valence-electron chi connectivity index (χ0n) is 18.6. The number of carbonyl (C=O) groups excluding carboxylic acids is 1. The molecule has 164 valence electrons. The second-order valence-corrected chi connectivity index (χ2v) is 9.33. The van der Waals surface area contributed by atoms with Crippen LogP contribution in [-0.4, -0.2) is 22.2 Å². The van der Waals surface area contributed by atoms with Gasteiger partial charge in [-0.1, -0.05) is 29.9 Å². The number of hydrogen-bond donors (Lipinski definition) is 2. The predicted molar refractivity (Wildman–Crippen MR) is 131 cm³/mol. The van der Waals surface area contributed by atoms with E-state index in [0.717, 1.165) is 44.3 Å². The first kappa shape index (κ1) is 23.0. The summed E-state index contributed by atoms with van der Waals surface area (Å²) >= 11 is 7.44. The molecule has 0 fully saturated rings. The van der Waals surface area contributed by atoms with Gasteiger partial charge in [0, 0.05) is 16.4 Å². The molecule has 0 aliphatic carbocycles. The number of carbonyl (C=O) groups is 1. The molecule has 2 N–H and O–H groups in total. The van der Waals surface area contributed by atoms with Crippen LogP contribution in [0.4, 0.5) is 10.8 Å².